The van der Waals surface area contributed by atoms with Crippen molar-refractivity contribution in [2.24, 2.45) is 0 Å². The standard InChI is InChI=1S/C11H10O3S/c1-7(2)10(12)14-9-5-3-8(4-6-9)11(13)15/h3-6H,1H2,2H3,(H,13,15). The van der Waals surface area contributed by atoms with E-state index in [4.69, 9.17) is 4.74 Å². The molecule has 0 aliphatic heterocycles. The summed E-state index contributed by atoms with van der Waals surface area (Å²) in [5.74, 6) is -0.110. The van der Waals surface area contributed by atoms with Crippen molar-refractivity contribution >= 4 is 23.7 Å². The van der Waals surface area contributed by atoms with Gasteiger partial charge in [-0.15, -0.1) is 12.6 Å². The molecule has 1 aromatic carbocycles. The highest BCUT2D eigenvalue weighted by atomic mass is 32.1. The maximum absolute atomic E-state index is 11.1. The van der Waals surface area contributed by atoms with Crippen LogP contribution < -0.4 is 4.74 Å². The topological polar surface area (TPSA) is 43.4 Å². The first-order valence-corrected chi connectivity index (χ1v) is 4.66. The second-order valence-corrected chi connectivity index (χ2v) is 3.41. The summed E-state index contributed by atoms with van der Waals surface area (Å²) in [7, 11) is 0. The molecule has 78 valence electrons. The highest BCUT2D eigenvalue weighted by Crippen LogP contribution is 2.14. The predicted molar refractivity (Wildman–Crippen MR) is 60.2 cm³/mol. The molecule has 0 amide bonds. The number of rotatable bonds is 3. The average molecular weight is 222 g/mol. The third-order valence-corrected chi connectivity index (χ3v) is 1.92. The van der Waals surface area contributed by atoms with Crippen molar-refractivity contribution in [2.75, 3.05) is 0 Å². The molecule has 0 N–H and O–H groups in total. The molecule has 1 rings (SSSR count). The SMILES string of the molecule is C=C(C)C(=O)Oc1ccc(C(=O)S)cc1. The zero-order valence-electron chi connectivity index (χ0n) is 8.19. The number of carbonyl (C=O) groups is 2. The molecule has 0 saturated heterocycles. The molecule has 0 atom stereocenters. The Labute approximate surface area is 93.2 Å². The van der Waals surface area contributed by atoms with Crippen molar-refractivity contribution in [3.8, 4) is 5.75 Å². The first-order chi connectivity index (χ1) is 7.00. The van der Waals surface area contributed by atoms with Gasteiger partial charge in [-0.25, -0.2) is 4.79 Å². The maximum Gasteiger partial charge on any atom is 0.338 e. The summed E-state index contributed by atoms with van der Waals surface area (Å²) >= 11 is 3.66. The minimum Gasteiger partial charge on any atom is -0.423 e. The lowest BCUT2D eigenvalue weighted by Gasteiger charge is -2.03. The number of hydrogen-bond acceptors (Lipinski definition) is 3. The molecule has 0 heterocycles. The van der Waals surface area contributed by atoms with Crippen LogP contribution in [0.15, 0.2) is 36.4 Å². The van der Waals surface area contributed by atoms with Crippen LogP contribution in [-0.2, 0) is 4.79 Å². The van der Waals surface area contributed by atoms with E-state index in [1.807, 2.05) is 0 Å². The lowest BCUT2D eigenvalue weighted by Crippen LogP contribution is -2.08. The van der Waals surface area contributed by atoms with Crippen LogP contribution in [0.1, 0.15) is 17.3 Å². The van der Waals surface area contributed by atoms with Crippen LogP contribution in [0.3, 0.4) is 0 Å². The largest absolute Gasteiger partial charge is 0.423 e. The Kier molecular flexibility index (Phi) is 3.68. The molecule has 0 unspecified atom stereocenters. The quantitative estimate of drug-likeness (QED) is 0.369. The molecule has 15 heavy (non-hydrogen) atoms. The van der Waals surface area contributed by atoms with E-state index < -0.39 is 5.97 Å². The van der Waals surface area contributed by atoms with Crippen molar-refractivity contribution in [1.29, 1.82) is 0 Å². The van der Waals surface area contributed by atoms with Gasteiger partial charge in [-0.3, -0.25) is 4.79 Å². The number of hydrogen-bond donors (Lipinski definition) is 1. The Morgan fingerprint density at radius 3 is 2.20 bits per heavy atom. The Morgan fingerprint density at radius 2 is 1.80 bits per heavy atom. The zero-order valence-corrected chi connectivity index (χ0v) is 9.08. The van der Waals surface area contributed by atoms with Crippen LogP contribution in [0.2, 0.25) is 0 Å². The van der Waals surface area contributed by atoms with Crippen molar-refractivity contribution in [2.45, 2.75) is 6.92 Å². The van der Waals surface area contributed by atoms with Crippen molar-refractivity contribution in [3.05, 3.63) is 42.0 Å². The van der Waals surface area contributed by atoms with Crippen molar-refractivity contribution < 1.29 is 14.3 Å². The lowest BCUT2D eigenvalue weighted by atomic mass is 10.2. The molecule has 0 bridgehead atoms. The molecule has 0 radical (unpaired) electrons. The van der Waals surface area contributed by atoms with Gasteiger partial charge in [0.15, 0.2) is 0 Å². The van der Waals surface area contributed by atoms with Crippen molar-refractivity contribution in [1.82, 2.24) is 0 Å². The van der Waals surface area contributed by atoms with Gasteiger partial charge in [0.05, 0.1) is 0 Å². The van der Waals surface area contributed by atoms with E-state index in [0.717, 1.165) is 0 Å². The van der Waals surface area contributed by atoms with E-state index in [0.29, 0.717) is 16.9 Å². The van der Waals surface area contributed by atoms with Gasteiger partial charge in [0.25, 0.3) is 0 Å². The molecule has 0 saturated carbocycles. The Balaban J connectivity index is 2.77. The normalized spacial score (nSPS) is 9.47. The Hall–Kier alpha value is -1.55. The smallest absolute Gasteiger partial charge is 0.338 e. The second kappa shape index (κ2) is 4.79. The van der Waals surface area contributed by atoms with Gasteiger partial charge in [0.2, 0.25) is 5.12 Å². The summed E-state index contributed by atoms with van der Waals surface area (Å²) in [6.45, 7) is 5.02. The summed E-state index contributed by atoms with van der Waals surface area (Å²) < 4.78 is 4.94. The van der Waals surface area contributed by atoms with Crippen molar-refractivity contribution in [3.63, 3.8) is 0 Å². The minimum atomic E-state index is -0.486. The second-order valence-electron chi connectivity index (χ2n) is 3.00. The van der Waals surface area contributed by atoms with Crippen LogP contribution in [0.4, 0.5) is 0 Å². The molecule has 0 aliphatic rings. The highest BCUT2D eigenvalue weighted by molar-refractivity contribution is 7.97. The van der Waals surface area contributed by atoms with Gasteiger partial charge in [-0.1, -0.05) is 6.58 Å². The number of esters is 1. The molecular formula is C11H10O3S. The predicted octanol–water partition coefficient (Wildman–Crippen LogP) is 2.24. The Morgan fingerprint density at radius 1 is 1.27 bits per heavy atom. The van der Waals surface area contributed by atoms with E-state index in [9.17, 15) is 9.59 Å². The minimum absolute atomic E-state index is 0.323. The molecule has 0 aliphatic carbocycles. The average Bonchev–Trinajstić information content (AvgIpc) is 2.18. The number of carbonyl (C=O) groups excluding carboxylic acids is 2. The molecule has 0 aromatic heterocycles. The summed E-state index contributed by atoms with van der Waals surface area (Å²) in [5.41, 5.74) is 0.776. The first-order valence-electron chi connectivity index (χ1n) is 4.22. The van der Waals surface area contributed by atoms with Crippen LogP contribution in [-0.4, -0.2) is 11.1 Å². The summed E-state index contributed by atoms with van der Waals surface area (Å²) in [4.78, 5) is 22.0. The van der Waals surface area contributed by atoms with Gasteiger partial charge in [0, 0.05) is 11.1 Å². The van der Waals surface area contributed by atoms with Gasteiger partial charge >= 0.3 is 5.97 Å². The van der Waals surface area contributed by atoms with Crippen LogP contribution in [0.5, 0.6) is 5.75 Å². The fourth-order valence-corrected chi connectivity index (χ4v) is 1.01. The highest BCUT2D eigenvalue weighted by Gasteiger charge is 2.05. The molecule has 3 nitrogen and oxygen atoms in total. The lowest BCUT2D eigenvalue weighted by molar-refractivity contribution is -0.130. The monoisotopic (exact) mass is 222 g/mol. The van der Waals surface area contributed by atoms with Crippen LogP contribution in [0.25, 0.3) is 0 Å². The number of ether oxygens (including phenoxy) is 1. The van der Waals surface area contributed by atoms with E-state index in [1.54, 1.807) is 6.92 Å². The Bertz CT molecular complexity index is 406. The van der Waals surface area contributed by atoms with E-state index in [1.165, 1.54) is 24.3 Å². The first kappa shape index (κ1) is 11.5. The van der Waals surface area contributed by atoms with Crippen LogP contribution in [0, 0.1) is 0 Å². The molecule has 1 aromatic rings. The van der Waals surface area contributed by atoms with Crippen LogP contribution >= 0.6 is 12.6 Å². The number of benzene rings is 1. The van der Waals surface area contributed by atoms with E-state index >= 15 is 0 Å². The van der Waals surface area contributed by atoms with Gasteiger partial charge in [0.1, 0.15) is 5.75 Å². The maximum atomic E-state index is 11.1. The molecule has 4 heteroatoms. The third-order valence-electron chi connectivity index (χ3n) is 1.66. The van der Waals surface area contributed by atoms with Gasteiger partial charge in [-0.05, 0) is 31.2 Å². The fourth-order valence-electron chi connectivity index (χ4n) is 0.860. The number of thiol groups is 1. The summed E-state index contributed by atoms with van der Waals surface area (Å²) in [6, 6.07) is 6.14. The molecule has 0 spiro atoms. The zero-order chi connectivity index (χ0) is 11.4. The fraction of sp³-hybridized carbons (Fsp3) is 0.0909. The summed E-state index contributed by atoms with van der Waals surface area (Å²) in [6.07, 6.45) is 0. The molecular weight excluding hydrogens is 212 g/mol. The van der Waals surface area contributed by atoms with E-state index in [2.05, 4.69) is 19.2 Å². The van der Waals surface area contributed by atoms with E-state index in [-0.39, 0.29) is 5.12 Å². The summed E-state index contributed by atoms with van der Waals surface area (Å²) in [5, 5.41) is -0.326. The molecule has 0 fully saturated rings. The third kappa shape index (κ3) is 3.25. The van der Waals surface area contributed by atoms with Gasteiger partial charge < -0.3 is 4.74 Å². The van der Waals surface area contributed by atoms with Gasteiger partial charge in [-0.2, -0.15) is 0 Å².